The highest BCUT2D eigenvalue weighted by Crippen LogP contribution is 2.20. The molecule has 1 aliphatic rings. The fourth-order valence-corrected chi connectivity index (χ4v) is 1.44. The topological polar surface area (TPSA) is 35.5 Å². The second kappa shape index (κ2) is 5.01. The van der Waals surface area contributed by atoms with Crippen LogP contribution in [0.4, 0.5) is 4.79 Å². The summed E-state index contributed by atoms with van der Waals surface area (Å²) in [6, 6.07) is 0. The minimum Gasteiger partial charge on any atom is -0.434 e. The molecule has 3 heteroatoms. The Morgan fingerprint density at radius 3 is 2.58 bits per heavy atom. The Balaban J connectivity index is 2.15. The van der Waals surface area contributed by atoms with Crippen LogP contribution in [0.1, 0.15) is 32.1 Å². The van der Waals surface area contributed by atoms with E-state index in [1.54, 1.807) is 0 Å². The summed E-state index contributed by atoms with van der Waals surface area (Å²) in [6.45, 7) is 3.54. The molecule has 0 saturated heterocycles. The fourth-order valence-electron chi connectivity index (χ4n) is 1.44. The molecule has 0 amide bonds. The fraction of sp³-hybridized carbons (Fsp3) is 0.778. The Bertz CT molecular complexity index is 139. The van der Waals surface area contributed by atoms with Crippen molar-refractivity contribution in [2.45, 2.75) is 38.2 Å². The molecule has 1 radical (unpaired) electrons. The lowest BCUT2D eigenvalue weighted by Gasteiger charge is -2.20. The number of hydrogen-bond acceptors (Lipinski definition) is 3. The maximum Gasteiger partial charge on any atom is 0.508 e. The third-order valence-corrected chi connectivity index (χ3v) is 2.04. The van der Waals surface area contributed by atoms with Crippen LogP contribution < -0.4 is 0 Å². The van der Waals surface area contributed by atoms with Crippen molar-refractivity contribution in [2.24, 2.45) is 0 Å². The Morgan fingerprint density at radius 2 is 2.00 bits per heavy atom. The van der Waals surface area contributed by atoms with Crippen LogP contribution in [0.25, 0.3) is 0 Å². The van der Waals surface area contributed by atoms with E-state index in [0.717, 1.165) is 25.7 Å². The summed E-state index contributed by atoms with van der Waals surface area (Å²) in [5.74, 6) is 0. The summed E-state index contributed by atoms with van der Waals surface area (Å²) in [6.07, 6.45) is 5.03. The predicted octanol–water partition coefficient (Wildman–Crippen LogP) is 2.31. The molecule has 1 saturated carbocycles. The van der Waals surface area contributed by atoms with Crippen LogP contribution in [0.15, 0.2) is 0 Å². The van der Waals surface area contributed by atoms with Crippen LogP contribution in [-0.4, -0.2) is 18.9 Å². The van der Waals surface area contributed by atoms with E-state index in [9.17, 15) is 4.79 Å². The lowest BCUT2D eigenvalue weighted by atomic mass is 9.98. The maximum atomic E-state index is 10.8. The van der Waals surface area contributed by atoms with Crippen molar-refractivity contribution in [3.05, 3.63) is 6.92 Å². The highest BCUT2D eigenvalue weighted by atomic mass is 16.7. The third-order valence-electron chi connectivity index (χ3n) is 2.04. The highest BCUT2D eigenvalue weighted by molar-refractivity contribution is 5.60. The molecule has 0 aromatic carbocycles. The van der Waals surface area contributed by atoms with Crippen LogP contribution in [0.2, 0.25) is 0 Å². The molecule has 3 nitrogen and oxygen atoms in total. The normalized spacial score (nSPS) is 18.8. The van der Waals surface area contributed by atoms with E-state index >= 15 is 0 Å². The van der Waals surface area contributed by atoms with Gasteiger partial charge in [0.1, 0.15) is 6.10 Å². The SMILES string of the molecule is [CH2]COC(=O)OC1CCCCC1. The van der Waals surface area contributed by atoms with E-state index in [2.05, 4.69) is 11.7 Å². The molecule has 1 fully saturated rings. The van der Waals surface area contributed by atoms with Crippen molar-refractivity contribution in [1.82, 2.24) is 0 Å². The molecule has 0 heterocycles. The van der Waals surface area contributed by atoms with Gasteiger partial charge in [0, 0.05) is 0 Å². The molecule has 0 spiro atoms. The highest BCUT2D eigenvalue weighted by Gasteiger charge is 2.17. The number of hydrogen-bond donors (Lipinski definition) is 0. The van der Waals surface area contributed by atoms with E-state index in [0.29, 0.717) is 0 Å². The average molecular weight is 171 g/mol. The maximum absolute atomic E-state index is 10.8. The Kier molecular flexibility index (Phi) is 3.91. The molecule has 0 N–H and O–H groups in total. The van der Waals surface area contributed by atoms with Gasteiger partial charge in [-0.3, -0.25) is 0 Å². The summed E-state index contributed by atoms with van der Waals surface area (Å²) in [5.41, 5.74) is 0. The van der Waals surface area contributed by atoms with Crippen molar-refractivity contribution in [3.63, 3.8) is 0 Å². The smallest absolute Gasteiger partial charge is 0.434 e. The van der Waals surface area contributed by atoms with Crippen molar-refractivity contribution in [2.75, 3.05) is 6.61 Å². The van der Waals surface area contributed by atoms with Gasteiger partial charge in [-0.05, 0) is 32.6 Å². The first-order chi connectivity index (χ1) is 5.83. The first-order valence-electron chi connectivity index (χ1n) is 4.45. The van der Waals surface area contributed by atoms with Crippen LogP contribution >= 0.6 is 0 Å². The molecule has 0 aromatic rings. The zero-order chi connectivity index (χ0) is 8.81. The molecule has 0 aromatic heterocycles. The quantitative estimate of drug-likeness (QED) is 0.598. The Labute approximate surface area is 73.0 Å². The zero-order valence-corrected chi connectivity index (χ0v) is 7.25. The van der Waals surface area contributed by atoms with Gasteiger partial charge in [-0.15, -0.1) is 0 Å². The van der Waals surface area contributed by atoms with Crippen LogP contribution in [0, 0.1) is 6.92 Å². The van der Waals surface area contributed by atoms with Gasteiger partial charge in [0.05, 0.1) is 6.61 Å². The third kappa shape index (κ3) is 3.11. The summed E-state index contributed by atoms with van der Waals surface area (Å²) in [5, 5.41) is 0. The summed E-state index contributed by atoms with van der Waals surface area (Å²) >= 11 is 0. The standard InChI is InChI=1S/C9H15O3/c1-2-11-9(10)12-8-6-4-3-5-7-8/h8H,1-7H2. The van der Waals surface area contributed by atoms with Gasteiger partial charge >= 0.3 is 6.16 Å². The van der Waals surface area contributed by atoms with Crippen molar-refractivity contribution in [1.29, 1.82) is 0 Å². The zero-order valence-electron chi connectivity index (χ0n) is 7.25. The molecular weight excluding hydrogens is 156 g/mol. The van der Waals surface area contributed by atoms with Crippen LogP contribution in [0.3, 0.4) is 0 Å². The van der Waals surface area contributed by atoms with Gasteiger partial charge in [0.2, 0.25) is 0 Å². The minimum absolute atomic E-state index is 0.0813. The number of carbonyl (C=O) groups is 1. The molecule has 12 heavy (non-hydrogen) atoms. The van der Waals surface area contributed by atoms with E-state index in [1.165, 1.54) is 6.42 Å². The molecule has 0 unspecified atom stereocenters. The van der Waals surface area contributed by atoms with E-state index in [-0.39, 0.29) is 12.7 Å². The first kappa shape index (κ1) is 9.36. The van der Waals surface area contributed by atoms with E-state index in [4.69, 9.17) is 4.74 Å². The number of ether oxygens (including phenoxy) is 2. The number of rotatable bonds is 2. The predicted molar refractivity (Wildman–Crippen MR) is 44.7 cm³/mol. The number of carbonyl (C=O) groups excluding carboxylic acids is 1. The van der Waals surface area contributed by atoms with E-state index in [1.807, 2.05) is 0 Å². The minimum atomic E-state index is -0.572. The van der Waals surface area contributed by atoms with Crippen molar-refractivity contribution in [3.8, 4) is 0 Å². The summed E-state index contributed by atoms with van der Waals surface area (Å²) in [4.78, 5) is 10.8. The molecule has 0 bridgehead atoms. The lowest BCUT2D eigenvalue weighted by Crippen LogP contribution is -2.21. The van der Waals surface area contributed by atoms with E-state index < -0.39 is 6.16 Å². The van der Waals surface area contributed by atoms with Gasteiger partial charge in [-0.2, -0.15) is 0 Å². The van der Waals surface area contributed by atoms with Crippen LogP contribution in [-0.2, 0) is 9.47 Å². The summed E-state index contributed by atoms with van der Waals surface area (Å²) in [7, 11) is 0. The average Bonchev–Trinajstić information content (AvgIpc) is 2.06. The molecule has 69 valence electrons. The molecule has 0 atom stereocenters. The largest absolute Gasteiger partial charge is 0.508 e. The first-order valence-corrected chi connectivity index (χ1v) is 4.45. The molecule has 1 aliphatic carbocycles. The van der Waals surface area contributed by atoms with Crippen molar-refractivity contribution >= 4 is 6.16 Å². The van der Waals surface area contributed by atoms with Gasteiger partial charge in [-0.1, -0.05) is 6.42 Å². The molecular formula is C9H15O3. The second-order valence-electron chi connectivity index (χ2n) is 2.98. The molecule has 0 aliphatic heterocycles. The van der Waals surface area contributed by atoms with Crippen LogP contribution in [0.5, 0.6) is 0 Å². The molecule has 1 rings (SSSR count). The monoisotopic (exact) mass is 171 g/mol. The Morgan fingerprint density at radius 1 is 1.33 bits per heavy atom. The van der Waals surface area contributed by atoms with Crippen molar-refractivity contribution < 1.29 is 14.3 Å². The van der Waals surface area contributed by atoms with Gasteiger partial charge in [0.15, 0.2) is 0 Å². The lowest BCUT2D eigenvalue weighted by molar-refractivity contribution is 0.0163. The van der Waals surface area contributed by atoms with Gasteiger partial charge in [-0.25, -0.2) is 4.79 Å². The summed E-state index contributed by atoms with van der Waals surface area (Å²) < 4.78 is 9.60. The Hall–Kier alpha value is -0.730. The van der Waals surface area contributed by atoms with Gasteiger partial charge in [0.25, 0.3) is 0 Å². The van der Waals surface area contributed by atoms with Gasteiger partial charge < -0.3 is 9.47 Å². The second-order valence-corrected chi connectivity index (χ2v) is 2.98.